The maximum atomic E-state index is 13.3. The Morgan fingerprint density at radius 1 is 1.13 bits per heavy atom. The smallest absolute Gasteiger partial charge is 0.408 e. The van der Waals surface area contributed by atoms with Gasteiger partial charge in [0.05, 0.1) is 6.07 Å². The average Bonchev–Trinajstić information content (AvgIpc) is 2.61. The molecule has 170 valence electrons. The monoisotopic (exact) mass is 430 g/mol. The van der Waals surface area contributed by atoms with Crippen LogP contribution in [0.15, 0.2) is 18.2 Å². The van der Waals surface area contributed by atoms with E-state index in [1.165, 1.54) is 11.8 Å². The molecule has 2 N–H and O–H groups in total. The van der Waals surface area contributed by atoms with Crippen molar-refractivity contribution in [2.24, 2.45) is 0 Å². The van der Waals surface area contributed by atoms with Crippen LogP contribution in [0.2, 0.25) is 0 Å². The highest BCUT2D eigenvalue weighted by atomic mass is 16.6. The summed E-state index contributed by atoms with van der Waals surface area (Å²) in [5.74, 6) is -0.950. The van der Waals surface area contributed by atoms with Crippen LogP contribution in [-0.2, 0) is 14.3 Å². The van der Waals surface area contributed by atoms with Crippen molar-refractivity contribution in [1.29, 1.82) is 5.26 Å². The minimum absolute atomic E-state index is 0.156. The zero-order valence-corrected chi connectivity index (χ0v) is 19.7. The molecule has 1 aromatic carbocycles. The number of nitrogens with zero attached hydrogens (tertiary/aromatic N) is 2. The number of ether oxygens (including phenoxy) is 1. The molecule has 1 rings (SSSR count). The molecule has 2 atom stereocenters. The van der Waals surface area contributed by atoms with E-state index in [4.69, 9.17) is 4.74 Å². The summed E-state index contributed by atoms with van der Waals surface area (Å²) in [4.78, 5) is 39.7. The number of nitriles is 1. The first-order chi connectivity index (χ1) is 14.3. The van der Waals surface area contributed by atoms with Crippen molar-refractivity contribution >= 4 is 17.9 Å². The summed E-state index contributed by atoms with van der Waals surface area (Å²) in [6, 6.07) is 5.42. The zero-order valence-electron chi connectivity index (χ0n) is 19.7. The van der Waals surface area contributed by atoms with Gasteiger partial charge in [-0.25, -0.2) is 4.79 Å². The maximum absolute atomic E-state index is 13.3. The number of carbonyl (C=O) groups is 3. The number of carbonyl (C=O) groups excluding carboxylic acids is 3. The minimum Gasteiger partial charge on any atom is -0.444 e. The number of hydrogen-bond donors (Lipinski definition) is 2. The van der Waals surface area contributed by atoms with Crippen LogP contribution in [0.5, 0.6) is 0 Å². The molecule has 0 bridgehead atoms. The van der Waals surface area contributed by atoms with E-state index in [1.54, 1.807) is 20.8 Å². The molecule has 0 heterocycles. The van der Waals surface area contributed by atoms with E-state index in [2.05, 4.69) is 10.6 Å². The van der Waals surface area contributed by atoms with Crippen LogP contribution in [0, 0.1) is 25.2 Å². The molecule has 2 unspecified atom stereocenters. The van der Waals surface area contributed by atoms with Crippen molar-refractivity contribution in [1.82, 2.24) is 15.5 Å². The molecule has 8 nitrogen and oxygen atoms in total. The maximum Gasteiger partial charge on any atom is 0.408 e. The highest BCUT2D eigenvalue weighted by molar-refractivity contribution is 5.92. The molecule has 0 saturated carbocycles. The first-order valence-corrected chi connectivity index (χ1v) is 10.3. The van der Waals surface area contributed by atoms with Gasteiger partial charge in [0.2, 0.25) is 11.8 Å². The second kappa shape index (κ2) is 10.8. The lowest BCUT2D eigenvalue weighted by Crippen LogP contribution is -2.52. The quantitative estimate of drug-likeness (QED) is 0.646. The van der Waals surface area contributed by atoms with Gasteiger partial charge in [-0.05, 0) is 66.5 Å². The number of aryl methyl sites for hydroxylation is 2. The highest BCUT2D eigenvalue weighted by Gasteiger charge is 2.35. The van der Waals surface area contributed by atoms with Gasteiger partial charge in [-0.2, -0.15) is 5.26 Å². The van der Waals surface area contributed by atoms with E-state index in [0.717, 1.165) is 11.1 Å². The summed E-state index contributed by atoms with van der Waals surface area (Å²) in [6.07, 6.45) is -0.750. The van der Waals surface area contributed by atoms with E-state index in [9.17, 15) is 19.6 Å². The van der Waals surface area contributed by atoms with E-state index in [-0.39, 0.29) is 12.6 Å². The lowest BCUT2D eigenvalue weighted by molar-refractivity contribution is -0.141. The fourth-order valence-electron chi connectivity index (χ4n) is 3.04. The highest BCUT2D eigenvalue weighted by Crippen LogP contribution is 2.26. The first-order valence-electron chi connectivity index (χ1n) is 10.3. The van der Waals surface area contributed by atoms with Gasteiger partial charge in [-0.3, -0.25) is 9.59 Å². The second-order valence-corrected chi connectivity index (χ2v) is 8.92. The van der Waals surface area contributed by atoms with E-state index in [0.29, 0.717) is 5.56 Å². The number of benzene rings is 1. The predicted octanol–water partition coefficient (Wildman–Crippen LogP) is 3.13. The molecule has 1 aromatic rings. The van der Waals surface area contributed by atoms with E-state index < -0.39 is 35.6 Å². The lowest BCUT2D eigenvalue weighted by Gasteiger charge is -2.33. The van der Waals surface area contributed by atoms with Crippen LogP contribution in [-0.4, -0.2) is 47.0 Å². The Morgan fingerprint density at radius 3 is 2.26 bits per heavy atom. The molecule has 31 heavy (non-hydrogen) atoms. The second-order valence-electron chi connectivity index (χ2n) is 8.92. The molecule has 0 fully saturated rings. The largest absolute Gasteiger partial charge is 0.444 e. The fourth-order valence-corrected chi connectivity index (χ4v) is 3.04. The molecule has 8 heteroatoms. The van der Waals surface area contributed by atoms with Crippen LogP contribution in [0.1, 0.15) is 64.3 Å². The Hall–Kier alpha value is -3.08. The Balaban J connectivity index is 3.34. The van der Waals surface area contributed by atoms with Gasteiger partial charge in [-0.15, -0.1) is 0 Å². The molecule has 0 saturated heterocycles. The lowest BCUT2D eigenvalue weighted by atomic mass is 9.96. The predicted molar refractivity (Wildman–Crippen MR) is 118 cm³/mol. The van der Waals surface area contributed by atoms with Gasteiger partial charge in [-0.1, -0.05) is 23.8 Å². The normalized spacial score (nSPS) is 13.0. The molecule has 0 aliphatic heterocycles. The molecule has 0 radical (unpaired) electrons. The molecule has 0 aliphatic rings. The Labute approximate surface area is 184 Å². The van der Waals surface area contributed by atoms with Gasteiger partial charge in [0.15, 0.2) is 0 Å². The number of hydrogen-bond acceptors (Lipinski definition) is 5. The third kappa shape index (κ3) is 7.93. The van der Waals surface area contributed by atoms with Crippen molar-refractivity contribution in [3.8, 4) is 6.07 Å². The third-order valence-corrected chi connectivity index (χ3v) is 4.35. The molecule has 0 aliphatic carbocycles. The first kappa shape index (κ1) is 26.0. The SMILES string of the molecule is Cc1ccc(C)c(C(C(=O)NC(C)C)N(CC#N)C(=O)C(C)NC(=O)OC(C)(C)C)c1. The Kier molecular flexibility index (Phi) is 9.04. The standard InChI is InChI=1S/C23H34N4O4/c1-14(2)25-20(28)19(18-13-15(3)9-10-16(18)4)27(12-11-24)21(29)17(5)26-22(30)31-23(6,7)8/h9-10,13-14,17,19H,12H2,1-8H3,(H,25,28)(H,26,30). The van der Waals surface area contributed by atoms with Gasteiger partial charge in [0, 0.05) is 6.04 Å². The van der Waals surface area contributed by atoms with Crippen LogP contribution in [0.3, 0.4) is 0 Å². The van der Waals surface area contributed by atoms with Crippen molar-refractivity contribution in [2.45, 2.75) is 79.1 Å². The summed E-state index contributed by atoms with van der Waals surface area (Å²) < 4.78 is 5.21. The van der Waals surface area contributed by atoms with E-state index >= 15 is 0 Å². The summed E-state index contributed by atoms with van der Waals surface area (Å²) in [5.41, 5.74) is 1.65. The third-order valence-electron chi connectivity index (χ3n) is 4.35. The molecular formula is C23H34N4O4. The van der Waals surface area contributed by atoms with Gasteiger partial charge >= 0.3 is 6.09 Å². The summed E-state index contributed by atoms with van der Waals surface area (Å²) in [6.45, 7) is 13.7. The summed E-state index contributed by atoms with van der Waals surface area (Å²) >= 11 is 0. The molecular weight excluding hydrogens is 396 g/mol. The minimum atomic E-state index is -1.02. The van der Waals surface area contributed by atoms with Crippen LogP contribution < -0.4 is 10.6 Å². The molecule has 0 spiro atoms. The van der Waals surface area contributed by atoms with Crippen molar-refractivity contribution in [2.75, 3.05) is 6.54 Å². The van der Waals surface area contributed by atoms with Gasteiger partial charge in [0.1, 0.15) is 24.2 Å². The van der Waals surface area contributed by atoms with Crippen molar-refractivity contribution in [3.63, 3.8) is 0 Å². The number of alkyl carbamates (subject to hydrolysis) is 1. The number of nitrogens with one attached hydrogen (secondary N) is 2. The summed E-state index contributed by atoms with van der Waals surface area (Å²) in [7, 11) is 0. The van der Waals surface area contributed by atoms with Crippen LogP contribution >= 0.6 is 0 Å². The summed E-state index contributed by atoms with van der Waals surface area (Å²) in [5, 5.41) is 14.7. The van der Waals surface area contributed by atoms with Gasteiger partial charge in [0.25, 0.3) is 0 Å². The van der Waals surface area contributed by atoms with Crippen LogP contribution in [0.25, 0.3) is 0 Å². The Bertz CT molecular complexity index is 852. The average molecular weight is 431 g/mol. The zero-order chi connectivity index (χ0) is 23.9. The van der Waals surface area contributed by atoms with Crippen molar-refractivity contribution in [3.05, 3.63) is 34.9 Å². The molecule has 3 amide bonds. The Morgan fingerprint density at radius 2 is 1.74 bits per heavy atom. The van der Waals surface area contributed by atoms with Crippen molar-refractivity contribution < 1.29 is 19.1 Å². The topological polar surface area (TPSA) is 112 Å². The van der Waals surface area contributed by atoms with Crippen LogP contribution in [0.4, 0.5) is 4.79 Å². The molecule has 0 aromatic heterocycles. The number of rotatable bonds is 7. The van der Waals surface area contributed by atoms with E-state index in [1.807, 2.05) is 52.0 Å². The number of amides is 3. The van der Waals surface area contributed by atoms with Gasteiger partial charge < -0.3 is 20.3 Å². The fraction of sp³-hybridized carbons (Fsp3) is 0.565.